The summed E-state index contributed by atoms with van der Waals surface area (Å²) in [7, 11) is -6.66. The fourth-order valence-corrected chi connectivity index (χ4v) is 6.99. The van der Waals surface area contributed by atoms with Crippen molar-refractivity contribution < 1.29 is 31.5 Å². The van der Waals surface area contributed by atoms with E-state index in [-0.39, 0.29) is 46.5 Å². The molecule has 1 aliphatic rings. The van der Waals surface area contributed by atoms with E-state index in [0.29, 0.717) is 10.0 Å². The zero-order chi connectivity index (χ0) is 30.8. The molecule has 10 nitrogen and oxygen atoms in total. The van der Waals surface area contributed by atoms with Gasteiger partial charge in [0.2, 0.25) is 10.0 Å². The van der Waals surface area contributed by atoms with Crippen LogP contribution >= 0.6 is 23.2 Å². The van der Waals surface area contributed by atoms with Crippen molar-refractivity contribution in [1.82, 2.24) is 9.21 Å². The topological polar surface area (TPSA) is 133 Å². The third-order valence-corrected chi connectivity index (χ3v) is 10.7. The van der Waals surface area contributed by atoms with Crippen LogP contribution in [0.2, 0.25) is 10.0 Å². The highest BCUT2D eigenvalue weighted by Crippen LogP contribution is 2.36. The van der Waals surface area contributed by atoms with E-state index in [2.05, 4.69) is 4.72 Å². The van der Waals surface area contributed by atoms with Gasteiger partial charge in [-0.05, 0) is 67.6 Å². The van der Waals surface area contributed by atoms with Crippen molar-refractivity contribution in [1.29, 1.82) is 0 Å². The Morgan fingerprint density at radius 1 is 1.00 bits per heavy atom. The number of hydrogen-bond acceptors (Lipinski definition) is 7. The van der Waals surface area contributed by atoms with Crippen LogP contribution in [-0.4, -0.2) is 75.9 Å². The number of ether oxygens (including phenoxy) is 1. The smallest absolute Gasteiger partial charge is 0.262 e. The molecule has 0 unspecified atom stereocenters. The lowest BCUT2D eigenvalue weighted by atomic mass is 9.99. The average molecular weight is 657 g/mol. The number of nitrogens with zero attached hydrogens (tertiary/aromatic N) is 2. The minimum atomic E-state index is -4.12. The predicted octanol–water partition coefficient (Wildman–Crippen LogP) is 4.34. The molecule has 4 rings (SSSR count). The van der Waals surface area contributed by atoms with Crippen LogP contribution in [0, 0.1) is 5.92 Å². The van der Waals surface area contributed by atoms with E-state index in [1.807, 2.05) is 0 Å². The summed E-state index contributed by atoms with van der Waals surface area (Å²) in [5, 5.41) is 10.6. The van der Waals surface area contributed by atoms with Crippen molar-refractivity contribution in [2.75, 3.05) is 31.5 Å². The Morgan fingerprint density at radius 3 is 2.14 bits per heavy atom. The first-order valence-corrected chi connectivity index (χ1v) is 16.6. The maximum atomic E-state index is 13.7. The van der Waals surface area contributed by atoms with Crippen LogP contribution in [0.5, 0.6) is 5.75 Å². The highest BCUT2D eigenvalue weighted by molar-refractivity contribution is 7.92. The first-order valence-electron chi connectivity index (χ1n) is 13.0. The van der Waals surface area contributed by atoms with E-state index in [1.165, 1.54) is 78.7 Å². The number of rotatable bonds is 9. The van der Waals surface area contributed by atoms with Gasteiger partial charge in [-0.15, -0.1) is 0 Å². The van der Waals surface area contributed by atoms with Gasteiger partial charge in [0.15, 0.2) is 5.75 Å². The Kier molecular flexibility index (Phi) is 9.75. The number of amides is 1. The van der Waals surface area contributed by atoms with Crippen LogP contribution < -0.4 is 9.46 Å². The number of aliphatic hydroxyl groups excluding tert-OH is 1. The highest BCUT2D eigenvalue weighted by Gasteiger charge is 2.36. The molecule has 42 heavy (non-hydrogen) atoms. The molecule has 3 aromatic rings. The summed E-state index contributed by atoms with van der Waals surface area (Å²) in [4.78, 5) is 15.1. The summed E-state index contributed by atoms with van der Waals surface area (Å²) >= 11 is 11.9. The Morgan fingerprint density at radius 2 is 1.57 bits per heavy atom. The third-order valence-electron chi connectivity index (χ3n) is 7.02. The van der Waals surface area contributed by atoms with Crippen molar-refractivity contribution in [3.05, 3.63) is 82.3 Å². The van der Waals surface area contributed by atoms with Crippen molar-refractivity contribution in [2.45, 2.75) is 35.8 Å². The zero-order valence-electron chi connectivity index (χ0n) is 23.1. The molecule has 226 valence electrons. The number of halogens is 2. The second-order valence-electron chi connectivity index (χ2n) is 10.1. The minimum absolute atomic E-state index is 0.00490. The first kappa shape index (κ1) is 32.1. The van der Waals surface area contributed by atoms with E-state index in [0.717, 1.165) is 4.31 Å². The van der Waals surface area contributed by atoms with Crippen LogP contribution in [-0.2, 0) is 20.0 Å². The van der Waals surface area contributed by atoms with E-state index in [9.17, 15) is 26.7 Å². The van der Waals surface area contributed by atoms with Gasteiger partial charge in [0.1, 0.15) is 6.10 Å². The van der Waals surface area contributed by atoms with Gasteiger partial charge in [0.25, 0.3) is 15.9 Å². The molecular formula is C28H31Cl2N3O7S2. The number of anilines is 1. The molecule has 0 bridgehead atoms. The summed E-state index contributed by atoms with van der Waals surface area (Å²) in [6.45, 7) is 3.20. The molecule has 2 N–H and O–H groups in total. The van der Waals surface area contributed by atoms with Crippen molar-refractivity contribution in [2.24, 2.45) is 5.92 Å². The van der Waals surface area contributed by atoms with Gasteiger partial charge in [-0.1, -0.05) is 36.2 Å². The molecule has 1 aliphatic heterocycles. The Bertz CT molecular complexity index is 1650. The van der Waals surface area contributed by atoms with Gasteiger partial charge >= 0.3 is 0 Å². The maximum Gasteiger partial charge on any atom is 0.262 e. The number of benzene rings is 3. The number of aliphatic hydroxyl groups is 1. The quantitative estimate of drug-likeness (QED) is 0.350. The molecule has 0 spiro atoms. The molecule has 0 saturated heterocycles. The minimum Gasteiger partial charge on any atom is -0.486 e. The van der Waals surface area contributed by atoms with Gasteiger partial charge in [-0.2, -0.15) is 4.31 Å². The molecule has 0 aliphatic carbocycles. The van der Waals surface area contributed by atoms with Crippen LogP contribution in [0.25, 0.3) is 0 Å². The molecule has 3 aromatic carbocycles. The van der Waals surface area contributed by atoms with Crippen LogP contribution in [0.3, 0.4) is 0 Å². The first-order chi connectivity index (χ1) is 19.7. The standard InChI is InChI=1S/C28H31Cl2N3O7S2/c1-18-15-33(19(2)17-34)28(35)24-5-4-6-25(31-41(36,37)22-11-7-20(29)8-12-22)27(24)40-26(18)16-32(3)42(38,39)23-13-9-21(30)10-14-23/h4-14,18-19,26,31,34H,15-17H2,1-3H3/t18-,19+,26-/m1/s1. The SMILES string of the molecule is C[C@@H]1CN([C@@H](C)CO)C(=O)c2cccc(NS(=O)(=O)c3ccc(Cl)cc3)c2O[C@@H]1CN(C)S(=O)(=O)c1ccc(Cl)cc1. The number of hydrogen-bond donors (Lipinski definition) is 2. The second-order valence-corrected chi connectivity index (χ2v) is 14.7. The Hall–Kier alpha value is -2.87. The summed E-state index contributed by atoms with van der Waals surface area (Å²) in [5.41, 5.74) is 0.0569. The monoisotopic (exact) mass is 655 g/mol. The van der Waals surface area contributed by atoms with Gasteiger partial charge in [0, 0.05) is 29.6 Å². The Labute approximate surface area is 255 Å². The molecule has 3 atom stereocenters. The van der Waals surface area contributed by atoms with Gasteiger partial charge in [0.05, 0.1) is 40.2 Å². The highest BCUT2D eigenvalue weighted by atomic mass is 35.5. The van der Waals surface area contributed by atoms with Crippen LogP contribution in [0.15, 0.2) is 76.5 Å². The van der Waals surface area contributed by atoms with E-state index >= 15 is 0 Å². The summed E-state index contributed by atoms with van der Waals surface area (Å²) in [6, 6.07) is 15.2. The largest absolute Gasteiger partial charge is 0.486 e. The summed E-state index contributed by atoms with van der Waals surface area (Å²) in [6.07, 6.45) is -0.821. The van der Waals surface area contributed by atoms with Crippen LogP contribution in [0.1, 0.15) is 24.2 Å². The summed E-state index contributed by atoms with van der Waals surface area (Å²) < 4.78 is 63.2. The summed E-state index contributed by atoms with van der Waals surface area (Å²) in [5.74, 6) is -0.949. The molecular weight excluding hydrogens is 625 g/mol. The van der Waals surface area contributed by atoms with Gasteiger partial charge in [-0.25, -0.2) is 16.8 Å². The fraction of sp³-hybridized carbons (Fsp3) is 0.321. The molecule has 1 heterocycles. The fourth-order valence-electron chi connectivity index (χ4n) is 4.50. The number of sulfonamides is 2. The predicted molar refractivity (Wildman–Crippen MR) is 161 cm³/mol. The normalized spacial score (nSPS) is 18.5. The average Bonchev–Trinajstić information content (AvgIpc) is 2.95. The van der Waals surface area contributed by atoms with Crippen molar-refractivity contribution in [3.8, 4) is 5.75 Å². The number of likely N-dealkylation sites (N-methyl/N-ethyl adjacent to an activating group) is 1. The van der Waals surface area contributed by atoms with Crippen molar-refractivity contribution >= 4 is 54.8 Å². The second kappa shape index (κ2) is 12.8. The molecule has 0 aromatic heterocycles. The zero-order valence-corrected chi connectivity index (χ0v) is 26.2. The maximum absolute atomic E-state index is 13.7. The lowest BCUT2D eigenvalue weighted by Crippen LogP contribution is -2.50. The van der Waals surface area contributed by atoms with Crippen molar-refractivity contribution in [3.63, 3.8) is 0 Å². The van der Waals surface area contributed by atoms with E-state index < -0.39 is 44.0 Å². The van der Waals surface area contributed by atoms with E-state index in [4.69, 9.17) is 27.9 Å². The lowest BCUT2D eigenvalue weighted by molar-refractivity contribution is 0.0389. The number of nitrogens with one attached hydrogen (secondary N) is 1. The number of carbonyl (C=O) groups excluding carboxylic acids is 1. The van der Waals surface area contributed by atoms with Gasteiger partial charge in [-0.3, -0.25) is 9.52 Å². The van der Waals surface area contributed by atoms with Gasteiger partial charge < -0.3 is 14.7 Å². The Balaban J connectivity index is 1.76. The molecule has 0 fully saturated rings. The third kappa shape index (κ3) is 6.85. The molecule has 1 amide bonds. The van der Waals surface area contributed by atoms with E-state index in [1.54, 1.807) is 13.8 Å². The number of carbonyl (C=O) groups is 1. The number of fused-ring (bicyclic) bond motifs is 1. The number of para-hydroxylation sites is 1. The van der Waals surface area contributed by atoms with Crippen LogP contribution in [0.4, 0.5) is 5.69 Å². The molecule has 0 saturated carbocycles. The lowest BCUT2D eigenvalue weighted by Gasteiger charge is -2.38. The molecule has 14 heteroatoms. The molecule has 0 radical (unpaired) electrons.